The molecule has 2 aromatic carbocycles. The van der Waals surface area contributed by atoms with Gasteiger partial charge < -0.3 is 4.74 Å². The molecular weight excluding hydrogens is 356 g/mol. The lowest BCUT2D eigenvalue weighted by atomic mass is 10.2. The van der Waals surface area contributed by atoms with Crippen molar-refractivity contribution in [1.29, 1.82) is 0 Å². The van der Waals surface area contributed by atoms with Gasteiger partial charge in [0.05, 0.1) is 24.1 Å². The van der Waals surface area contributed by atoms with E-state index in [0.29, 0.717) is 34.2 Å². The average molecular weight is 375 g/mol. The van der Waals surface area contributed by atoms with Gasteiger partial charge in [-0.2, -0.15) is 0 Å². The van der Waals surface area contributed by atoms with Crippen LogP contribution in [0.4, 0.5) is 0 Å². The Hall–Kier alpha value is -1.82. The second-order valence-corrected chi connectivity index (χ2v) is 7.16. The van der Waals surface area contributed by atoms with Crippen molar-refractivity contribution in [2.75, 3.05) is 13.7 Å². The van der Waals surface area contributed by atoms with Crippen molar-refractivity contribution < 1.29 is 4.74 Å². The summed E-state index contributed by atoms with van der Waals surface area (Å²) >= 11 is 7.60. The summed E-state index contributed by atoms with van der Waals surface area (Å²) in [6.07, 6.45) is 0. The number of hydrogen-bond donors (Lipinski definition) is 0. The number of ether oxygens (including phenoxy) is 1. The summed E-state index contributed by atoms with van der Waals surface area (Å²) < 4.78 is 6.82. The first kappa shape index (κ1) is 18.0. The molecular formula is C19H19ClN2O2S. The third-order valence-electron chi connectivity index (χ3n) is 3.89. The van der Waals surface area contributed by atoms with E-state index in [-0.39, 0.29) is 5.56 Å². The second kappa shape index (κ2) is 8.04. The molecule has 0 bridgehead atoms. The molecule has 25 heavy (non-hydrogen) atoms. The Morgan fingerprint density at radius 2 is 1.96 bits per heavy atom. The van der Waals surface area contributed by atoms with Crippen LogP contribution in [0.5, 0.6) is 0 Å². The SMILES string of the molecule is COCCn1c(SCc2ccc(C)cc2)nc2cc(Cl)ccc2c1=O. The highest BCUT2D eigenvalue weighted by Gasteiger charge is 2.12. The molecule has 0 atom stereocenters. The van der Waals surface area contributed by atoms with Crippen LogP contribution >= 0.6 is 23.4 Å². The van der Waals surface area contributed by atoms with Crippen LogP contribution in [0.3, 0.4) is 0 Å². The molecule has 0 aliphatic heterocycles. The molecule has 1 aromatic heterocycles. The highest BCUT2D eigenvalue weighted by Crippen LogP contribution is 2.23. The van der Waals surface area contributed by atoms with Crippen LogP contribution in [0, 0.1) is 6.92 Å². The summed E-state index contributed by atoms with van der Waals surface area (Å²) in [7, 11) is 1.62. The lowest BCUT2D eigenvalue weighted by Crippen LogP contribution is -2.25. The third kappa shape index (κ3) is 4.24. The van der Waals surface area contributed by atoms with Crippen LogP contribution in [-0.4, -0.2) is 23.3 Å². The maximum absolute atomic E-state index is 12.8. The van der Waals surface area contributed by atoms with Gasteiger partial charge in [0.2, 0.25) is 0 Å². The largest absolute Gasteiger partial charge is 0.383 e. The number of thioether (sulfide) groups is 1. The highest BCUT2D eigenvalue weighted by molar-refractivity contribution is 7.98. The van der Waals surface area contributed by atoms with Gasteiger partial charge in [-0.05, 0) is 30.7 Å². The number of aromatic nitrogens is 2. The normalized spacial score (nSPS) is 11.2. The number of hydrogen-bond acceptors (Lipinski definition) is 4. The maximum Gasteiger partial charge on any atom is 0.262 e. The number of methoxy groups -OCH3 is 1. The lowest BCUT2D eigenvalue weighted by Gasteiger charge is -2.13. The topological polar surface area (TPSA) is 44.1 Å². The van der Waals surface area contributed by atoms with Gasteiger partial charge in [-0.15, -0.1) is 0 Å². The standard InChI is InChI=1S/C19H19ClN2O2S/c1-13-3-5-14(6-4-13)12-25-19-21-17-11-15(20)7-8-16(17)18(23)22(19)9-10-24-2/h3-8,11H,9-10,12H2,1-2H3. The molecule has 0 saturated carbocycles. The average Bonchev–Trinajstić information content (AvgIpc) is 2.60. The van der Waals surface area contributed by atoms with Crippen LogP contribution < -0.4 is 5.56 Å². The molecule has 0 amide bonds. The summed E-state index contributed by atoms with van der Waals surface area (Å²) in [4.78, 5) is 17.5. The molecule has 3 aromatic rings. The molecule has 0 unspecified atom stereocenters. The van der Waals surface area contributed by atoms with Crippen molar-refractivity contribution in [3.8, 4) is 0 Å². The van der Waals surface area contributed by atoms with Crippen LogP contribution in [0.25, 0.3) is 10.9 Å². The summed E-state index contributed by atoms with van der Waals surface area (Å²) in [5.74, 6) is 0.742. The zero-order chi connectivity index (χ0) is 17.8. The maximum atomic E-state index is 12.8. The summed E-state index contributed by atoms with van der Waals surface area (Å²) in [5, 5.41) is 1.82. The van der Waals surface area contributed by atoms with Gasteiger partial charge in [-0.1, -0.05) is 53.2 Å². The van der Waals surface area contributed by atoms with Gasteiger partial charge in [0.1, 0.15) is 0 Å². The number of nitrogens with zero attached hydrogens (tertiary/aromatic N) is 2. The van der Waals surface area contributed by atoms with Crippen molar-refractivity contribution in [1.82, 2.24) is 9.55 Å². The zero-order valence-corrected chi connectivity index (χ0v) is 15.7. The number of aryl methyl sites for hydroxylation is 1. The summed E-state index contributed by atoms with van der Waals surface area (Å²) in [5.41, 5.74) is 2.97. The van der Waals surface area contributed by atoms with E-state index in [2.05, 4.69) is 36.2 Å². The van der Waals surface area contributed by atoms with Crippen molar-refractivity contribution in [2.45, 2.75) is 24.4 Å². The van der Waals surface area contributed by atoms with E-state index >= 15 is 0 Å². The van der Waals surface area contributed by atoms with Gasteiger partial charge in [-0.25, -0.2) is 4.98 Å². The summed E-state index contributed by atoms with van der Waals surface area (Å²) in [6, 6.07) is 13.5. The molecule has 130 valence electrons. The van der Waals surface area contributed by atoms with E-state index in [4.69, 9.17) is 16.3 Å². The molecule has 4 nitrogen and oxygen atoms in total. The quantitative estimate of drug-likeness (QED) is 0.476. The first-order valence-electron chi connectivity index (χ1n) is 7.96. The van der Waals surface area contributed by atoms with E-state index in [1.807, 2.05) is 0 Å². The fourth-order valence-electron chi connectivity index (χ4n) is 2.50. The fourth-order valence-corrected chi connectivity index (χ4v) is 3.64. The van der Waals surface area contributed by atoms with Crippen LogP contribution in [0.2, 0.25) is 5.02 Å². The van der Waals surface area contributed by atoms with Gasteiger partial charge in [0, 0.05) is 17.9 Å². The smallest absolute Gasteiger partial charge is 0.262 e. The van der Waals surface area contributed by atoms with Crippen molar-refractivity contribution >= 4 is 34.3 Å². The van der Waals surface area contributed by atoms with E-state index in [1.165, 1.54) is 11.1 Å². The number of fused-ring (bicyclic) bond motifs is 1. The molecule has 0 N–H and O–H groups in total. The first-order chi connectivity index (χ1) is 12.1. The highest BCUT2D eigenvalue weighted by atomic mass is 35.5. The molecule has 0 spiro atoms. The second-order valence-electron chi connectivity index (χ2n) is 5.78. The minimum absolute atomic E-state index is 0.0647. The van der Waals surface area contributed by atoms with Gasteiger partial charge >= 0.3 is 0 Å². The number of halogens is 1. The minimum Gasteiger partial charge on any atom is -0.383 e. The third-order valence-corrected chi connectivity index (χ3v) is 5.17. The van der Waals surface area contributed by atoms with Gasteiger partial charge in [-0.3, -0.25) is 9.36 Å². The van der Waals surface area contributed by atoms with Gasteiger partial charge in [0.15, 0.2) is 5.16 Å². The molecule has 0 saturated heterocycles. The van der Waals surface area contributed by atoms with Gasteiger partial charge in [0.25, 0.3) is 5.56 Å². The monoisotopic (exact) mass is 374 g/mol. The van der Waals surface area contributed by atoms with Crippen LogP contribution in [0.1, 0.15) is 11.1 Å². The Morgan fingerprint density at radius 1 is 1.20 bits per heavy atom. The Balaban J connectivity index is 1.98. The minimum atomic E-state index is -0.0647. The van der Waals surface area contributed by atoms with Crippen LogP contribution in [0.15, 0.2) is 52.4 Å². The molecule has 1 heterocycles. The molecule has 0 radical (unpaired) electrons. The number of rotatable bonds is 6. The van der Waals surface area contributed by atoms with E-state index < -0.39 is 0 Å². The Kier molecular flexibility index (Phi) is 5.78. The Morgan fingerprint density at radius 3 is 2.68 bits per heavy atom. The van der Waals surface area contributed by atoms with Crippen molar-refractivity contribution in [3.63, 3.8) is 0 Å². The molecule has 3 rings (SSSR count). The van der Waals surface area contributed by atoms with Crippen LogP contribution in [-0.2, 0) is 17.0 Å². The van der Waals surface area contributed by atoms with E-state index in [0.717, 1.165) is 5.75 Å². The van der Waals surface area contributed by atoms with Crippen molar-refractivity contribution in [2.24, 2.45) is 0 Å². The van der Waals surface area contributed by atoms with Crippen molar-refractivity contribution in [3.05, 3.63) is 69.0 Å². The molecule has 0 aliphatic carbocycles. The molecule has 6 heteroatoms. The van der Waals surface area contributed by atoms with E-state index in [1.54, 1.807) is 41.6 Å². The predicted molar refractivity (Wildman–Crippen MR) is 104 cm³/mol. The predicted octanol–water partition coefficient (Wildman–Crippen LogP) is 4.30. The van der Waals surface area contributed by atoms with E-state index in [9.17, 15) is 4.79 Å². The Labute approximate surface area is 155 Å². The molecule has 0 aliphatic rings. The lowest BCUT2D eigenvalue weighted by molar-refractivity contribution is 0.183. The number of benzene rings is 2. The first-order valence-corrected chi connectivity index (χ1v) is 9.32. The zero-order valence-electron chi connectivity index (χ0n) is 14.2. The molecule has 0 fully saturated rings. The fraction of sp³-hybridized carbons (Fsp3) is 0.263. The summed E-state index contributed by atoms with van der Waals surface area (Å²) in [6.45, 7) is 2.99. The Bertz CT molecular complexity index is 939.